The zero-order chi connectivity index (χ0) is 29.2. The number of rotatable bonds is 11. The number of nitriles is 1. The highest BCUT2D eigenvalue weighted by molar-refractivity contribution is 14.1. The number of benzene rings is 4. The first-order chi connectivity index (χ1) is 19.9. The lowest BCUT2D eigenvalue weighted by atomic mass is 10.1. The third kappa shape index (κ3) is 8.64. The summed E-state index contributed by atoms with van der Waals surface area (Å²) in [6.07, 6.45) is 1.51. The smallest absolute Gasteiger partial charge is 0.266 e. The van der Waals surface area contributed by atoms with E-state index >= 15 is 0 Å². The van der Waals surface area contributed by atoms with Crippen molar-refractivity contribution < 1.29 is 19.0 Å². The van der Waals surface area contributed by atoms with Gasteiger partial charge in [-0.25, -0.2) is 0 Å². The van der Waals surface area contributed by atoms with Crippen molar-refractivity contribution in [3.63, 3.8) is 0 Å². The maximum Gasteiger partial charge on any atom is 0.266 e. The van der Waals surface area contributed by atoms with Gasteiger partial charge in [-0.15, -0.1) is 0 Å². The molecule has 1 amide bonds. The average molecular weight is 699 g/mol. The van der Waals surface area contributed by atoms with Crippen molar-refractivity contribution in [3.05, 3.63) is 121 Å². The molecule has 4 aromatic carbocycles. The molecule has 0 saturated carbocycles. The second kappa shape index (κ2) is 14.8. The zero-order valence-corrected chi connectivity index (χ0v) is 25.7. The van der Waals surface area contributed by atoms with Crippen LogP contribution in [-0.4, -0.2) is 12.5 Å². The SMILES string of the molecule is CCOc1cc(/C=C(\C#N)C(=O)Nc2ccc(OCc3ccccc3)cc2)cc(I)c1OCc1ccc(Cl)cc1Cl. The van der Waals surface area contributed by atoms with E-state index in [4.69, 9.17) is 37.4 Å². The molecule has 9 heteroatoms. The van der Waals surface area contributed by atoms with Gasteiger partial charge in [-0.1, -0.05) is 59.6 Å². The highest BCUT2D eigenvalue weighted by Gasteiger charge is 2.15. The maximum atomic E-state index is 12.9. The molecule has 6 nitrogen and oxygen atoms in total. The van der Waals surface area contributed by atoms with Crippen LogP contribution in [0.25, 0.3) is 6.08 Å². The van der Waals surface area contributed by atoms with Gasteiger partial charge >= 0.3 is 0 Å². The van der Waals surface area contributed by atoms with Gasteiger partial charge in [0.05, 0.1) is 10.2 Å². The summed E-state index contributed by atoms with van der Waals surface area (Å²) in [5, 5.41) is 13.5. The molecule has 0 unspecified atom stereocenters. The number of nitrogens with zero attached hydrogens (tertiary/aromatic N) is 1. The van der Waals surface area contributed by atoms with Gasteiger partial charge in [-0.05, 0) is 95.2 Å². The second-order valence-corrected chi connectivity index (χ2v) is 10.7. The Kier molecular flexibility index (Phi) is 10.9. The Hall–Kier alpha value is -3.71. The number of hydrogen-bond acceptors (Lipinski definition) is 5. The van der Waals surface area contributed by atoms with Crippen molar-refractivity contribution >= 4 is 63.5 Å². The molecule has 0 aliphatic rings. The molecule has 0 bridgehead atoms. The number of carbonyl (C=O) groups excluding carboxylic acids is 1. The van der Waals surface area contributed by atoms with E-state index in [1.54, 1.807) is 48.5 Å². The van der Waals surface area contributed by atoms with Crippen molar-refractivity contribution in [2.75, 3.05) is 11.9 Å². The van der Waals surface area contributed by atoms with Crippen LogP contribution in [0, 0.1) is 14.9 Å². The van der Waals surface area contributed by atoms with Gasteiger partial charge in [0.15, 0.2) is 11.5 Å². The molecule has 41 heavy (non-hydrogen) atoms. The minimum absolute atomic E-state index is 0.0609. The summed E-state index contributed by atoms with van der Waals surface area (Å²) in [5.74, 6) is 1.16. The average Bonchev–Trinajstić information content (AvgIpc) is 2.96. The topological polar surface area (TPSA) is 80.6 Å². The van der Waals surface area contributed by atoms with Crippen LogP contribution < -0.4 is 19.5 Å². The van der Waals surface area contributed by atoms with Crippen LogP contribution in [0.3, 0.4) is 0 Å². The minimum atomic E-state index is -0.531. The Balaban J connectivity index is 1.45. The molecule has 0 heterocycles. The predicted octanol–water partition coefficient (Wildman–Crippen LogP) is 8.70. The van der Waals surface area contributed by atoms with Crippen molar-refractivity contribution in [1.82, 2.24) is 0 Å². The maximum absolute atomic E-state index is 12.9. The number of anilines is 1. The second-order valence-electron chi connectivity index (χ2n) is 8.71. The first-order valence-electron chi connectivity index (χ1n) is 12.6. The summed E-state index contributed by atoms with van der Waals surface area (Å²) in [6, 6.07) is 27.6. The number of nitrogens with one attached hydrogen (secondary N) is 1. The zero-order valence-electron chi connectivity index (χ0n) is 22.0. The van der Waals surface area contributed by atoms with Gasteiger partial charge in [0.1, 0.15) is 30.6 Å². The third-order valence-corrected chi connectivity index (χ3v) is 7.14. The molecule has 0 spiro atoms. The highest BCUT2D eigenvalue weighted by atomic mass is 127. The summed E-state index contributed by atoms with van der Waals surface area (Å²) in [6.45, 7) is 2.91. The first-order valence-corrected chi connectivity index (χ1v) is 14.4. The Morgan fingerprint density at radius 2 is 1.71 bits per heavy atom. The first kappa shape index (κ1) is 30.3. The molecule has 0 aromatic heterocycles. The van der Waals surface area contributed by atoms with Gasteiger partial charge in [-0.3, -0.25) is 4.79 Å². The largest absolute Gasteiger partial charge is 0.490 e. The molecular formula is C32H25Cl2IN2O4. The van der Waals surface area contributed by atoms with Gasteiger partial charge in [-0.2, -0.15) is 5.26 Å². The van der Waals surface area contributed by atoms with Crippen LogP contribution in [0.4, 0.5) is 5.69 Å². The number of amides is 1. The number of ether oxygens (including phenoxy) is 3. The Morgan fingerprint density at radius 1 is 0.951 bits per heavy atom. The van der Waals surface area contributed by atoms with E-state index in [0.717, 1.165) is 14.7 Å². The lowest BCUT2D eigenvalue weighted by Crippen LogP contribution is -2.13. The van der Waals surface area contributed by atoms with E-state index in [0.29, 0.717) is 51.8 Å². The predicted molar refractivity (Wildman–Crippen MR) is 171 cm³/mol. The van der Waals surface area contributed by atoms with E-state index in [9.17, 15) is 10.1 Å². The van der Waals surface area contributed by atoms with Crippen molar-refractivity contribution in [2.45, 2.75) is 20.1 Å². The Morgan fingerprint density at radius 3 is 2.39 bits per heavy atom. The van der Waals surface area contributed by atoms with Crippen molar-refractivity contribution in [3.8, 4) is 23.3 Å². The van der Waals surface area contributed by atoms with E-state index in [1.165, 1.54) is 6.08 Å². The van der Waals surface area contributed by atoms with E-state index < -0.39 is 5.91 Å². The molecule has 1 N–H and O–H groups in total. The third-order valence-electron chi connectivity index (χ3n) is 5.76. The molecule has 0 saturated heterocycles. The summed E-state index contributed by atoms with van der Waals surface area (Å²) >= 11 is 14.4. The number of hydrogen-bond donors (Lipinski definition) is 1. The Labute approximate surface area is 262 Å². The van der Waals surface area contributed by atoms with Crippen molar-refractivity contribution in [1.29, 1.82) is 5.26 Å². The molecule has 0 radical (unpaired) electrons. The molecular weight excluding hydrogens is 674 g/mol. The van der Waals surface area contributed by atoms with Gasteiger partial charge in [0.2, 0.25) is 0 Å². The molecule has 0 aliphatic carbocycles. The van der Waals surface area contributed by atoms with Crippen LogP contribution in [0.2, 0.25) is 10.0 Å². The summed E-state index contributed by atoms with van der Waals surface area (Å²) in [7, 11) is 0. The molecule has 0 aliphatic heterocycles. The summed E-state index contributed by atoms with van der Waals surface area (Å²) in [4.78, 5) is 12.9. The molecule has 4 rings (SSSR count). The van der Waals surface area contributed by atoms with E-state index in [2.05, 4.69) is 27.9 Å². The molecule has 0 fully saturated rings. The van der Waals surface area contributed by atoms with E-state index in [1.807, 2.05) is 49.4 Å². The van der Waals surface area contributed by atoms with Gasteiger partial charge in [0.25, 0.3) is 5.91 Å². The Bertz CT molecular complexity index is 1590. The fraction of sp³-hybridized carbons (Fsp3) is 0.125. The standard InChI is InChI=1S/C32H25Cl2IN2O4/c1-2-39-30-16-22(15-29(35)31(30)41-20-23-8-9-25(33)17-28(23)34)14-24(18-36)32(38)37-26-10-12-27(13-11-26)40-19-21-6-4-3-5-7-21/h3-17H,2,19-20H2,1H3,(H,37,38)/b24-14+. The van der Waals surface area contributed by atoms with Crippen LogP contribution in [-0.2, 0) is 18.0 Å². The van der Waals surface area contributed by atoms with Crippen LogP contribution in [0.1, 0.15) is 23.6 Å². The van der Waals surface area contributed by atoms with Gasteiger partial charge in [0, 0.05) is 21.3 Å². The molecule has 208 valence electrons. The van der Waals surface area contributed by atoms with Gasteiger partial charge < -0.3 is 19.5 Å². The fourth-order valence-corrected chi connectivity index (χ4v) is 5.00. The minimum Gasteiger partial charge on any atom is -0.490 e. The fourth-order valence-electron chi connectivity index (χ4n) is 3.75. The van der Waals surface area contributed by atoms with Crippen molar-refractivity contribution in [2.24, 2.45) is 0 Å². The van der Waals surface area contributed by atoms with E-state index in [-0.39, 0.29) is 12.2 Å². The number of halogens is 3. The lowest BCUT2D eigenvalue weighted by molar-refractivity contribution is -0.112. The number of carbonyl (C=O) groups is 1. The highest BCUT2D eigenvalue weighted by Crippen LogP contribution is 2.36. The van der Waals surface area contributed by atoms with Crippen LogP contribution >= 0.6 is 45.8 Å². The monoisotopic (exact) mass is 698 g/mol. The summed E-state index contributed by atoms with van der Waals surface area (Å²) < 4.78 is 18.4. The lowest BCUT2D eigenvalue weighted by Gasteiger charge is -2.15. The van der Waals surface area contributed by atoms with Crippen LogP contribution in [0.15, 0.2) is 90.5 Å². The van der Waals surface area contributed by atoms with Crippen LogP contribution in [0.5, 0.6) is 17.2 Å². The molecule has 4 aromatic rings. The normalized spacial score (nSPS) is 11.0. The summed E-state index contributed by atoms with van der Waals surface area (Å²) in [5.41, 5.74) is 2.93. The quantitative estimate of drug-likeness (QED) is 0.0963. The molecule has 0 atom stereocenters.